The monoisotopic (exact) mass is 314 g/mol. The Morgan fingerprint density at radius 1 is 1.17 bits per heavy atom. The van der Waals surface area contributed by atoms with Crippen molar-refractivity contribution in [1.29, 1.82) is 0 Å². The zero-order valence-electron chi connectivity index (χ0n) is 13.4. The molecule has 2 aromatic rings. The van der Waals surface area contributed by atoms with Crippen molar-refractivity contribution in [2.75, 3.05) is 37.7 Å². The van der Waals surface area contributed by atoms with E-state index in [1.54, 1.807) is 4.68 Å². The standard InChI is InChI=1S/C17H22N4O2/c1-19-14-15(13-18-19)20-8-10-21(11-9-20)17(22)7-12-23-16-5-3-2-4-6-16/h2-6,13-14H,7-12H2,1H3. The van der Waals surface area contributed by atoms with Gasteiger partial charge in [0.1, 0.15) is 5.75 Å². The number of benzene rings is 1. The van der Waals surface area contributed by atoms with Gasteiger partial charge in [0.2, 0.25) is 5.91 Å². The summed E-state index contributed by atoms with van der Waals surface area (Å²) < 4.78 is 7.39. The Hall–Kier alpha value is -2.50. The molecule has 0 N–H and O–H groups in total. The van der Waals surface area contributed by atoms with Crippen LogP contribution in [0.3, 0.4) is 0 Å². The number of anilines is 1. The fourth-order valence-electron chi connectivity index (χ4n) is 2.72. The number of hydrogen-bond acceptors (Lipinski definition) is 4. The molecule has 0 radical (unpaired) electrons. The number of aromatic nitrogens is 2. The highest BCUT2D eigenvalue weighted by Gasteiger charge is 2.21. The molecule has 0 spiro atoms. The fourth-order valence-corrected chi connectivity index (χ4v) is 2.72. The lowest BCUT2D eigenvalue weighted by Crippen LogP contribution is -2.49. The van der Waals surface area contributed by atoms with E-state index in [2.05, 4.69) is 10.00 Å². The van der Waals surface area contributed by atoms with Gasteiger partial charge in [0.25, 0.3) is 0 Å². The number of aryl methyl sites for hydroxylation is 1. The highest BCUT2D eigenvalue weighted by atomic mass is 16.5. The van der Waals surface area contributed by atoms with Crippen LogP contribution in [0.25, 0.3) is 0 Å². The number of piperazine rings is 1. The molecule has 1 aliphatic heterocycles. The molecule has 1 aromatic carbocycles. The van der Waals surface area contributed by atoms with Gasteiger partial charge >= 0.3 is 0 Å². The summed E-state index contributed by atoms with van der Waals surface area (Å²) in [5.41, 5.74) is 1.12. The lowest BCUT2D eigenvalue weighted by molar-refractivity contribution is -0.132. The molecular formula is C17H22N4O2. The van der Waals surface area contributed by atoms with E-state index in [-0.39, 0.29) is 5.91 Å². The van der Waals surface area contributed by atoms with Crippen molar-refractivity contribution in [3.63, 3.8) is 0 Å². The molecule has 1 amide bonds. The largest absolute Gasteiger partial charge is 0.493 e. The number of amides is 1. The minimum atomic E-state index is 0.159. The van der Waals surface area contributed by atoms with Gasteiger partial charge in [-0.05, 0) is 12.1 Å². The molecule has 0 saturated carbocycles. The average Bonchev–Trinajstić information content (AvgIpc) is 3.02. The van der Waals surface area contributed by atoms with Crippen LogP contribution in [0.2, 0.25) is 0 Å². The molecule has 1 aromatic heterocycles. The first-order chi connectivity index (χ1) is 11.2. The van der Waals surface area contributed by atoms with Crippen LogP contribution >= 0.6 is 0 Å². The lowest BCUT2D eigenvalue weighted by atomic mass is 10.2. The third kappa shape index (κ3) is 4.03. The quantitative estimate of drug-likeness (QED) is 0.840. The molecule has 0 unspecified atom stereocenters. The Balaban J connectivity index is 1.41. The van der Waals surface area contributed by atoms with E-state index in [0.29, 0.717) is 13.0 Å². The summed E-state index contributed by atoms with van der Waals surface area (Å²) in [5, 5.41) is 4.19. The van der Waals surface area contributed by atoms with Crippen molar-refractivity contribution in [1.82, 2.24) is 14.7 Å². The van der Waals surface area contributed by atoms with Gasteiger partial charge in [0.15, 0.2) is 0 Å². The Labute approximate surface area is 136 Å². The summed E-state index contributed by atoms with van der Waals surface area (Å²) in [6, 6.07) is 9.59. The Kier molecular flexibility index (Phi) is 4.80. The summed E-state index contributed by atoms with van der Waals surface area (Å²) in [6.45, 7) is 3.61. The second kappa shape index (κ2) is 7.17. The number of hydrogen-bond donors (Lipinski definition) is 0. The first-order valence-electron chi connectivity index (χ1n) is 7.91. The van der Waals surface area contributed by atoms with Crippen LogP contribution in [0.15, 0.2) is 42.7 Å². The molecule has 3 rings (SSSR count). The number of carbonyl (C=O) groups excluding carboxylic acids is 1. The van der Waals surface area contributed by atoms with E-state index in [4.69, 9.17) is 4.74 Å². The summed E-state index contributed by atoms with van der Waals surface area (Å²) in [6.07, 6.45) is 4.29. The molecule has 0 bridgehead atoms. The van der Waals surface area contributed by atoms with E-state index in [0.717, 1.165) is 37.6 Å². The molecule has 122 valence electrons. The number of carbonyl (C=O) groups is 1. The zero-order chi connectivity index (χ0) is 16.1. The minimum absolute atomic E-state index is 0.159. The van der Waals surface area contributed by atoms with E-state index in [9.17, 15) is 4.79 Å². The molecule has 1 fully saturated rings. The second-order valence-electron chi connectivity index (χ2n) is 5.65. The fraction of sp³-hybridized carbons (Fsp3) is 0.412. The van der Waals surface area contributed by atoms with Gasteiger partial charge in [0, 0.05) is 39.4 Å². The number of nitrogens with zero attached hydrogens (tertiary/aromatic N) is 4. The van der Waals surface area contributed by atoms with Crippen LogP contribution in [0.5, 0.6) is 5.75 Å². The van der Waals surface area contributed by atoms with Gasteiger partial charge in [-0.1, -0.05) is 18.2 Å². The summed E-state index contributed by atoms with van der Waals surface area (Å²) in [4.78, 5) is 16.4. The van der Waals surface area contributed by atoms with Crippen LogP contribution in [-0.2, 0) is 11.8 Å². The molecule has 6 heteroatoms. The van der Waals surface area contributed by atoms with Crippen LogP contribution in [0.1, 0.15) is 6.42 Å². The van der Waals surface area contributed by atoms with Crippen molar-refractivity contribution in [2.24, 2.45) is 7.05 Å². The smallest absolute Gasteiger partial charge is 0.226 e. The highest BCUT2D eigenvalue weighted by molar-refractivity contribution is 5.76. The molecule has 23 heavy (non-hydrogen) atoms. The SMILES string of the molecule is Cn1cc(N2CCN(C(=O)CCOc3ccccc3)CC2)cn1. The maximum atomic E-state index is 12.2. The third-order valence-corrected chi connectivity index (χ3v) is 4.02. The van der Waals surface area contributed by atoms with Crippen LogP contribution in [0.4, 0.5) is 5.69 Å². The van der Waals surface area contributed by atoms with E-state index in [1.807, 2.05) is 54.7 Å². The third-order valence-electron chi connectivity index (χ3n) is 4.02. The van der Waals surface area contributed by atoms with Gasteiger partial charge in [-0.15, -0.1) is 0 Å². The second-order valence-corrected chi connectivity index (χ2v) is 5.65. The van der Waals surface area contributed by atoms with E-state index in [1.165, 1.54) is 0 Å². The van der Waals surface area contributed by atoms with E-state index >= 15 is 0 Å². The molecule has 2 heterocycles. The lowest BCUT2D eigenvalue weighted by Gasteiger charge is -2.35. The minimum Gasteiger partial charge on any atom is -0.493 e. The summed E-state index contributed by atoms with van der Waals surface area (Å²) in [7, 11) is 1.91. The van der Waals surface area contributed by atoms with E-state index < -0.39 is 0 Å². The van der Waals surface area contributed by atoms with Gasteiger partial charge in [-0.2, -0.15) is 5.10 Å². The predicted octanol–water partition coefficient (Wildman–Crippen LogP) is 1.54. The van der Waals surface area contributed by atoms with Crippen molar-refractivity contribution >= 4 is 11.6 Å². The van der Waals surface area contributed by atoms with Gasteiger partial charge in [-0.3, -0.25) is 9.48 Å². The first kappa shape index (κ1) is 15.4. The molecular weight excluding hydrogens is 292 g/mol. The molecule has 6 nitrogen and oxygen atoms in total. The van der Waals surface area contributed by atoms with Crippen molar-refractivity contribution in [3.8, 4) is 5.75 Å². The Morgan fingerprint density at radius 3 is 2.57 bits per heavy atom. The Bertz CT molecular complexity index is 633. The predicted molar refractivity (Wildman–Crippen MR) is 88.6 cm³/mol. The zero-order valence-corrected chi connectivity index (χ0v) is 13.4. The van der Waals surface area contributed by atoms with Gasteiger partial charge in [-0.25, -0.2) is 0 Å². The topological polar surface area (TPSA) is 50.6 Å². The molecule has 1 aliphatic rings. The Morgan fingerprint density at radius 2 is 1.91 bits per heavy atom. The summed E-state index contributed by atoms with van der Waals surface area (Å²) >= 11 is 0. The van der Waals surface area contributed by atoms with Crippen LogP contribution in [0, 0.1) is 0 Å². The number of para-hydroxylation sites is 1. The van der Waals surface area contributed by atoms with Gasteiger partial charge < -0.3 is 14.5 Å². The number of ether oxygens (including phenoxy) is 1. The molecule has 0 atom stereocenters. The van der Waals surface area contributed by atoms with Crippen molar-refractivity contribution in [2.45, 2.75) is 6.42 Å². The maximum absolute atomic E-state index is 12.2. The maximum Gasteiger partial charge on any atom is 0.226 e. The van der Waals surface area contributed by atoms with Crippen molar-refractivity contribution < 1.29 is 9.53 Å². The van der Waals surface area contributed by atoms with Crippen LogP contribution < -0.4 is 9.64 Å². The number of rotatable bonds is 5. The highest BCUT2D eigenvalue weighted by Crippen LogP contribution is 2.15. The molecule has 1 saturated heterocycles. The average molecular weight is 314 g/mol. The van der Waals surface area contributed by atoms with Crippen molar-refractivity contribution in [3.05, 3.63) is 42.7 Å². The van der Waals surface area contributed by atoms with Gasteiger partial charge in [0.05, 0.1) is 24.9 Å². The summed E-state index contributed by atoms with van der Waals surface area (Å²) in [5.74, 6) is 0.966. The van der Waals surface area contributed by atoms with Crippen LogP contribution in [-0.4, -0.2) is 53.4 Å². The normalized spacial score (nSPS) is 14.8. The molecule has 0 aliphatic carbocycles. The first-order valence-corrected chi connectivity index (χ1v) is 7.91.